The predicted octanol–water partition coefficient (Wildman–Crippen LogP) is 14.1. The van der Waals surface area contributed by atoms with E-state index in [9.17, 15) is 19.8 Å². The van der Waals surface area contributed by atoms with Crippen molar-refractivity contribution >= 4 is 56.6 Å². The molecule has 0 aliphatic carbocycles. The number of rotatable bonds is 42. The Morgan fingerprint density at radius 2 is 0.636 bits per heavy atom. The van der Waals surface area contributed by atoms with Crippen molar-refractivity contribution in [2.24, 2.45) is 0 Å². The molecule has 0 saturated carbocycles. The predicted molar refractivity (Wildman–Crippen MR) is 249 cm³/mol. The van der Waals surface area contributed by atoms with E-state index in [0.29, 0.717) is 0 Å². The van der Waals surface area contributed by atoms with Crippen LogP contribution in [0.5, 0.6) is 0 Å². The van der Waals surface area contributed by atoms with Gasteiger partial charge in [-0.15, -0.1) is 0 Å². The van der Waals surface area contributed by atoms with Gasteiger partial charge in [0.15, 0.2) is 0 Å². The molecule has 0 amide bonds. The molecule has 0 aromatic carbocycles. The Bertz CT molecular complexity index is 715. The molecule has 0 atom stereocenters. The Labute approximate surface area is 363 Å². The van der Waals surface area contributed by atoms with Crippen molar-refractivity contribution in [1.82, 2.24) is 0 Å². The molecule has 0 spiro atoms. The third kappa shape index (κ3) is 68.9. The van der Waals surface area contributed by atoms with Gasteiger partial charge in [0, 0.05) is 11.5 Å². The summed E-state index contributed by atoms with van der Waals surface area (Å²) >= 11 is 3.10. The Morgan fingerprint density at radius 3 is 0.909 bits per heavy atom. The van der Waals surface area contributed by atoms with Crippen molar-refractivity contribution in [3.63, 3.8) is 0 Å². The number of carbonyl (C=O) groups excluding carboxylic acids is 2. The molecular formula is C48H92O4S2Sn. The molecule has 0 heterocycles. The van der Waals surface area contributed by atoms with E-state index in [1.165, 1.54) is 216 Å². The fourth-order valence-electron chi connectivity index (χ4n) is 5.94. The molecule has 4 nitrogen and oxygen atoms in total. The average molecular weight is 916 g/mol. The summed E-state index contributed by atoms with van der Waals surface area (Å²) in [6.07, 6.45) is 52.1. The number of thioether (sulfide) groups is 2. The molecule has 0 radical (unpaired) electrons. The number of carbonyl (C=O) groups is 2. The summed E-state index contributed by atoms with van der Waals surface area (Å²) in [7, 11) is 0. The van der Waals surface area contributed by atoms with Gasteiger partial charge in [-0.05, 0) is 75.7 Å². The van der Waals surface area contributed by atoms with Crippen LogP contribution in [0, 0.1) is 0 Å². The average Bonchev–Trinajstić information content (AvgIpc) is 3.17. The second kappa shape index (κ2) is 58.2. The fourth-order valence-corrected chi connectivity index (χ4v) is 11.5. The van der Waals surface area contributed by atoms with Crippen molar-refractivity contribution in [2.45, 2.75) is 242 Å². The maximum absolute atomic E-state index is 10.2. The number of hydrogen-bond donors (Lipinski definition) is 0. The molecule has 7 heteroatoms. The first-order chi connectivity index (χ1) is 27.0. The number of unbranched alkanes of at least 4 members (excludes halogenated alkanes) is 26. The van der Waals surface area contributed by atoms with Crippen molar-refractivity contribution in [2.75, 3.05) is 23.0 Å². The molecule has 0 bridgehead atoms. The van der Waals surface area contributed by atoms with E-state index in [0.717, 1.165) is 24.3 Å². The van der Waals surface area contributed by atoms with E-state index in [-0.39, 0.29) is 32.6 Å². The van der Waals surface area contributed by atoms with E-state index in [4.69, 9.17) is 0 Å². The SMILES string of the molecule is CCCCCCCCC=CCCCCCCCCSCC(=O)[O-].CCCCCCCCC=CCCCCCCCCSCC(=O)[O-].CCC[CH2][Sn+2][CH2]CCC. The van der Waals surface area contributed by atoms with E-state index in [2.05, 4.69) is 52.0 Å². The number of carboxylic acids is 2. The van der Waals surface area contributed by atoms with Crippen LogP contribution >= 0.6 is 23.5 Å². The Kier molecular flexibility index (Phi) is 62.7. The van der Waals surface area contributed by atoms with E-state index >= 15 is 0 Å². The summed E-state index contributed by atoms with van der Waals surface area (Å²) in [6.45, 7) is 9.11. The normalized spacial score (nSPS) is 11.0. The second-order valence-electron chi connectivity index (χ2n) is 15.2. The van der Waals surface area contributed by atoms with Gasteiger partial charge in [0.2, 0.25) is 0 Å². The van der Waals surface area contributed by atoms with Crippen LogP contribution in [-0.4, -0.2) is 56.1 Å². The van der Waals surface area contributed by atoms with E-state index in [1.807, 2.05) is 0 Å². The van der Waals surface area contributed by atoms with Gasteiger partial charge in [-0.1, -0.05) is 154 Å². The zero-order valence-corrected chi connectivity index (χ0v) is 41.6. The topological polar surface area (TPSA) is 80.3 Å². The van der Waals surface area contributed by atoms with Crippen LogP contribution in [-0.2, 0) is 9.59 Å². The van der Waals surface area contributed by atoms with Gasteiger partial charge < -0.3 is 19.8 Å². The molecule has 0 saturated heterocycles. The van der Waals surface area contributed by atoms with Crippen LogP contribution in [0.3, 0.4) is 0 Å². The number of aliphatic carboxylic acids is 2. The summed E-state index contributed by atoms with van der Waals surface area (Å²) in [5, 5.41) is 20.5. The van der Waals surface area contributed by atoms with Crippen LogP contribution in [0.25, 0.3) is 0 Å². The fraction of sp³-hybridized carbons (Fsp3) is 0.875. The molecule has 324 valence electrons. The van der Waals surface area contributed by atoms with Gasteiger partial charge >= 0.3 is 69.5 Å². The molecule has 0 aromatic heterocycles. The monoisotopic (exact) mass is 917 g/mol. The first-order valence-corrected chi connectivity index (χ1v) is 29.9. The van der Waals surface area contributed by atoms with E-state index in [1.54, 1.807) is 8.87 Å². The summed E-state index contributed by atoms with van der Waals surface area (Å²) in [4.78, 5) is 20.5. The molecule has 0 aliphatic heterocycles. The minimum absolute atomic E-state index is 0.144. The standard InChI is InChI=1S/2C20H38O2S.2C4H9.Sn/c2*1-2-3-4-5-6-7-8-9-10-11-12-13-14-15-16-17-18-23-19-20(21)22;2*1-3-4-2;/h2*9-10H,2-8,11-19H2,1H3,(H,21,22);2*1,3-4H2,2H3;/q;;;;+2/p-2. The van der Waals surface area contributed by atoms with Gasteiger partial charge in [0.05, 0.1) is 11.9 Å². The van der Waals surface area contributed by atoms with Gasteiger partial charge in [0.1, 0.15) is 0 Å². The molecule has 55 heavy (non-hydrogen) atoms. The summed E-state index contributed by atoms with van der Waals surface area (Å²) in [5.41, 5.74) is 0. The third-order valence-corrected chi connectivity index (χ3v) is 15.5. The third-order valence-electron chi connectivity index (χ3n) is 9.45. The number of hydrogen-bond acceptors (Lipinski definition) is 6. The summed E-state index contributed by atoms with van der Waals surface area (Å²) < 4.78 is 3.25. The first kappa shape index (κ1) is 59.2. The Hall–Kier alpha value is -0.0813. The van der Waals surface area contributed by atoms with Crippen molar-refractivity contribution in [3.8, 4) is 0 Å². The van der Waals surface area contributed by atoms with Crippen LogP contribution in [0.1, 0.15) is 233 Å². The minimum atomic E-state index is -0.945. The van der Waals surface area contributed by atoms with Gasteiger partial charge in [-0.25, -0.2) is 0 Å². The maximum atomic E-state index is 10.2. The zero-order chi connectivity index (χ0) is 41.0. The summed E-state index contributed by atoms with van der Waals surface area (Å²) in [6, 6.07) is 0. The van der Waals surface area contributed by atoms with Crippen molar-refractivity contribution in [1.29, 1.82) is 0 Å². The number of allylic oxidation sites excluding steroid dienone is 4. The molecule has 0 aromatic rings. The molecule has 0 fully saturated rings. The molecule has 0 unspecified atom stereocenters. The zero-order valence-electron chi connectivity index (χ0n) is 37.1. The Balaban J connectivity index is -0.000000805. The molecular weight excluding hydrogens is 823 g/mol. The van der Waals surface area contributed by atoms with Gasteiger partial charge in [-0.3, -0.25) is 0 Å². The van der Waals surface area contributed by atoms with Crippen LogP contribution in [0.4, 0.5) is 0 Å². The van der Waals surface area contributed by atoms with Crippen LogP contribution in [0.15, 0.2) is 24.3 Å². The van der Waals surface area contributed by atoms with Crippen LogP contribution in [0.2, 0.25) is 8.87 Å². The second-order valence-corrected chi connectivity index (χ2v) is 21.7. The van der Waals surface area contributed by atoms with Crippen LogP contribution < -0.4 is 10.2 Å². The quantitative estimate of drug-likeness (QED) is 0.0345. The van der Waals surface area contributed by atoms with Gasteiger partial charge in [-0.2, -0.15) is 23.5 Å². The Morgan fingerprint density at radius 1 is 0.382 bits per heavy atom. The van der Waals surface area contributed by atoms with Gasteiger partial charge in [0.25, 0.3) is 0 Å². The van der Waals surface area contributed by atoms with E-state index < -0.39 is 11.9 Å². The summed E-state index contributed by atoms with van der Waals surface area (Å²) in [5.74, 6) is 0.305. The number of carboxylic acid groups (broad SMARTS) is 2. The van der Waals surface area contributed by atoms with Crippen molar-refractivity contribution in [3.05, 3.63) is 24.3 Å². The molecule has 0 N–H and O–H groups in total. The molecule has 0 aliphatic rings. The first-order valence-electron chi connectivity index (χ1n) is 23.5. The molecule has 0 rings (SSSR count). The van der Waals surface area contributed by atoms with Crippen molar-refractivity contribution < 1.29 is 19.8 Å².